The molecular weight excluding hydrogens is 264 g/mol. The van der Waals surface area contributed by atoms with Crippen molar-refractivity contribution in [2.24, 2.45) is 0 Å². The van der Waals surface area contributed by atoms with E-state index in [-0.39, 0.29) is 0 Å². The number of hydrogen-bond acceptors (Lipinski definition) is 4. The van der Waals surface area contributed by atoms with E-state index in [1.807, 2.05) is 37.3 Å². The van der Waals surface area contributed by atoms with E-state index >= 15 is 0 Å². The zero-order valence-electron chi connectivity index (χ0n) is 13.2. The Hall–Kier alpha value is -0.940. The summed E-state index contributed by atoms with van der Waals surface area (Å²) in [5.74, 6) is 0. The smallest absolute Gasteiger partial charge is 0.0917 e. The van der Waals surface area contributed by atoms with Gasteiger partial charge in [-0.25, -0.2) is 0 Å². The minimum absolute atomic E-state index is 0.399. The van der Waals surface area contributed by atoms with Gasteiger partial charge in [0.25, 0.3) is 0 Å². The second kappa shape index (κ2) is 8.49. The Morgan fingerprint density at radius 1 is 1.29 bits per heavy atom. The molecule has 2 rings (SSSR count). The fourth-order valence-electron chi connectivity index (χ4n) is 2.89. The van der Waals surface area contributed by atoms with E-state index in [0.29, 0.717) is 12.6 Å². The molecule has 2 atom stereocenters. The quantitative estimate of drug-likeness (QED) is 0.777. The number of aliphatic hydroxyl groups is 1. The molecule has 1 aromatic carbocycles. The highest BCUT2D eigenvalue weighted by molar-refractivity contribution is 5.17. The molecule has 0 aromatic heterocycles. The van der Waals surface area contributed by atoms with Gasteiger partial charge in [0, 0.05) is 45.4 Å². The average Bonchev–Trinajstić information content (AvgIpc) is 2.51. The van der Waals surface area contributed by atoms with Crippen molar-refractivity contribution in [3.05, 3.63) is 35.9 Å². The second-order valence-corrected chi connectivity index (χ2v) is 5.77. The number of benzene rings is 1. The van der Waals surface area contributed by atoms with E-state index in [4.69, 9.17) is 4.74 Å². The van der Waals surface area contributed by atoms with Crippen LogP contribution in [0.1, 0.15) is 25.5 Å². The van der Waals surface area contributed by atoms with Gasteiger partial charge in [-0.15, -0.1) is 0 Å². The van der Waals surface area contributed by atoms with Crippen molar-refractivity contribution < 1.29 is 9.84 Å². The number of ether oxygens (including phenoxy) is 1. The maximum atomic E-state index is 10.4. The highest BCUT2D eigenvalue weighted by Crippen LogP contribution is 2.17. The van der Waals surface area contributed by atoms with Gasteiger partial charge in [-0.2, -0.15) is 0 Å². The molecule has 0 spiro atoms. The normalized spacial score (nSPS) is 22.3. The first-order chi connectivity index (χ1) is 10.2. The molecule has 0 bridgehead atoms. The minimum Gasteiger partial charge on any atom is -0.387 e. The molecular formula is C17H28N2O2. The number of rotatable bonds is 7. The molecule has 0 radical (unpaired) electrons. The van der Waals surface area contributed by atoms with E-state index < -0.39 is 6.10 Å². The highest BCUT2D eigenvalue weighted by Gasteiger charge is 2.25. The second-order valence-electron chi connectivity index (χ2n) is 5.77. The van der Waals surface area contributed by atoms with Crippen LogP contribution in [0.15, 0.2) is 30.3 Å². The van der Waals surface area contributed by atoms with Crippen molar-refractivity contribution in [1.82, 2.24) is 9.80 Å². The average molecular weight is 292 g/mol. The van der Waals surface area contributed by atoms with Crippen LogP contribution in [-0.4, -0.2) is 66.9 Å². The van der Waals surface area contributed by atoms with Crippen molar-refractivity contribution >= 4 is 0 Å². The van der Waals surface area contributed by atoms with Crippen molar-refractivity contribution in [3.8, 4) is 0 Å². The Balaban J connectivity index is 1.78. The Morgan fingerprint density at radius 2 is 2.05 bits per heavy atom. The molecule has 0 amide bonds. The summed E-state index contributed by atoms with van der Waals surface area (Å²) in [5, 5.41) is 10.4. The maximum Gasteiger partial charge on any atom is 0.0917 e. The summed E-state index contributed by atoms with van der Waals surface area (Å²) in [5.41, 5.74) is 1.00. The molecule has 4 heteroatoms. The Bertz CT molecular complexity index is 399. The Labute approximate surface area is 128 Å². The third-order valence-electron chi connectivity index (χ3n) is 4.20. The van der Waals surface area contributed by atoms with Crippen LogP contribution >= 0.6 is 0 Å². The van der Waals surface area contributed by atoms with Gasteiger partial charge in [-0.05, 0) is 19.4 Å². The zero-order valence-corrected chi connectivity index (χ0v) is 13.2. The van der Waals surface area contributed by atoms with Gasteiger partial charge in [0.05, 0.1) is 12.7 Å². The summed E-state index contributed by atoms with van der Waals surface area (Å²) in [6, 6.07) is 10.4. The van der Waals surface area contributed by atoms with Crippen molar-refractivity contribution in [3.63, 3.8) is 0 Å². The molecule has 4 nitrogen and oxygen atoms in total. The van der Waals surface area contributed by atoms with E-state index in [0.717, 1.165) is 45.0 Å². The first-order valence-corrected chi connectivity index (χ1v) is 7.98. The number of hydrogen-bond donors (Lipinski definition) is 1. The summed E-state index contributed by atoms with van der Waals surface area (Å²) >= 11 is 0. The fraction of sp³-hybridized carbons (Fsp3) is 0.647. The summed E-state index contributed by atoms with van der Waals surface area (Å²) in [4.78, 5) is 4.83. The molecule has 0 aliphatic carbocycles. The molecule has 1 N–H and O–H groups in total. The first kappa shape index (κ1) is 16.4. The number of aliphatic hydroxyl groups excluding tert-OH is 1. The Kier molecular flexibility index (Phi) is 6.64. The van der Waals surface area contributed by atoms with Gasteiger partial charge in [-0.1, -0.05) is 30.3 Å². The van der Waals surface area contributed by atoms with Crippen LogP contribution in [0.2, 0.25) is 0 Å². The minimum atomic E-state index is -0.399. The van der Waals surface area contributed by atoms with E-state index in [2.05, 4.69) is 16.7 Å². The van der Waals surface area contributed by atoms with Gasteiger partial charge in [0.15, 0.2) is 0 Å². The summed E-state index contributed by atoms with van der Waals surface area (Å²) in [6.45, 7) is 10.7. The van der Waals surface area contributed by atoms with Gasteiger partial charge in [0.1, 0.15) is 0 Å². The number of β-amino-alcohol motifs (C(OH)–C–C–N with tert-alkyl or cyclic N) is 1. The molecule has 1 aliphatic rings. The summed E-state index contributed by atoms with van der Waals surface area (Å²) in [6.07, 6.45) is -0.399. The molecule has 0 unspecified atom stereocenters. The van der Waals surface area contributed by atoms with E-state index in [9.17, 15) is 5.11 Å². The van der Waals surface area contributed by atoms with Crippen LogP contribution < -0.4 is 0 Å². The predicted molar refractivity (Wildman–Crippen MR) is 85.4 cm³/mol. The first-order valence-electron chi connectivity index (χ1n) is 7.98. The van der Waals surface area contributed by atoms with Crippen LogP contribution in [0.25, 0.3) is 0 Å². The van der Waals surface area contributed by atoms with Gasteiger partial charge < -0.3 is 9.84 Å². The SMILES string of the molecule is CCOCCN1CCN(C[C@H](O)c2ccccc2)[C@H](C)C1. The third-order valence-corrected chi connectivity index (χ3v) is 4.20. The van der Waals surface area contributed by atoms with Crippen molar-refractivity contribution in [2.75, 3.05) is 45.9 Å². The van der Waals surface area contributed by atoms with Crippen molar-refractivity contribution in [1.29, 1.82) is 0 Å². The van der Waals surface area contributed by atoms with Crippen LogP contribution in [0.5, 0.6) is 0 Å². The third kappa shape index (κ3) is 5.08. The van der Waals surface area contributed by atoms with E-state index in [1.54, 1.807) is 0 Å². The lowest BCUT2D eigenvalue weighted by Gasteiger charge is -2.40. The van der Waals surface area contributed by atoms with Gasteiger partial charge in [0.2, 0.25) is 0 Å². The lowest BCUT2D eigenvalue weighted by molar-refractivity contribution is 0.0263. The summed E-state index contributed by atoms with van der Waals surface area (Å²) in [7, 11) is 0. The van der Waals surface area contributed by atoms with Crippen molar-refractivity contribution in [2.45, 2.75) is 26.0 Å². The number of nitrogens with zero attached hydrogens (tertiary/aromatic N) is 2. The molecule has 1 saturated heterocycles. The fourth-order valence-corrected chi connectivity index (χ4v) is 2.89. The molecule has 21 heavy (non-hydrogen) atoms. The Morgan fingerprint density at radius 3 is 2.71 bits per heavy atom. The zero-order chi connectivity index (χ0) is 15.1. The van der Waals surface area contributed by atoms with Crippen LogP contribution in [0.3, 0.4) is 0 Å². The monoisotopic (exact) mass is 292 g/mol. The largest absolute Gasteiger partial charge is 0.387 e. The molecule has 118 valence electrons. The van der Waals surface area contributed by atoms with Crippen LogP contribution in [0, 0.1) is 0 Å². The van der Waals surface area contributed by atoms with E-state index in [1.165, 1.54) is 0 Å². The molecule has 1 fully saturated rings. The lowest BCUT2D eigenvalue weighted by Crippen LogP contribution is -2.53. The van der Waals surface area contributed by atoms with Gasteiger partial charge >= 0.3 is 0 Å². The topological polar surface area (TPSA) is 35.9 Å². The maximum absolute atomic E-state index is 10.4. The molecule has 1 heterocycles. The van der Waals surface area contributed by atoms with Crippen LogP contribution in [-0.2, 0) is 4.74 Å². The van der Waals surface area contributed by atoms with Crippen LogP contribution in [0.4, 0.5) is 0 Å². The predicted octanol–water partition coefficient (Wildman–Crippen LogP) is 1.76. The highest BCUT2D eigenvalue weighted by atomic mass is 16.5. The standard InChI is InChI=1S/C17H28N2O2/c1-3-21-12-11-18-9-10-19(15(2)13-18)14-17(20)16-7-5-4-6-8-16/h4-8,15,17,20H,3,9-14H2,1-2H3/t15-,17+/m1/s1. The van der Waals surface area contributed by atoms with Gasteiger partial charge in [-0.3, -0.25) is 9.80 Å². The summed E-state index contributed by atoms with van der Waals surface area (Å²) < 4.78 is 5.43. The molecule has 1 aromatic rings. The lowest BCUT2D eigenvalue weighted by atomic mass is 10.1. The molecule has 1 aliphatic heterocycles. The number of piperazine rings is 1. The molecule has 0 saturated carbocycles.